The standard InChI is InChI=1S/C13H12N2O/c1-10(8-14)9-15-7-6-13(16)11-4-2-3-5-12(11)15/h2-7,10H,9H2,1H3. The number of benzene rings is 1. The average Bonchev–Trinajstić information content (AvgIpc) is 2.33. The molecule has 0 fully saturated rings. The number of hydrogen-bond acceptors (Lipinski definition) is 2. The van der Waals surface area contributed by atoms with Crippen LogP contribution >= 0.6 is 0 Å². The van der Waals surface area contributed by atoms with Crippen LogP contribution < -0.4 is 5.43 Å². The molecule has 1 aromatic heterocycles. The lowest BCUT2D eigenvalue weighted by molar-refractivity contribution is 0.593. The maximum absolute atomic E-state index is 11.6. The Morgan fingerprint density at radius 3 is 2.88 bits per heavy atom. The molecule has 16 heavy (non-hydrogen) atoms. The summed E-state index contributed by atoms with van der Waals surface area (Å²) in [6.45, 7) is 2.48. The van der Waals surface area contributed by atoms with E-state index in [1.54, 1.807) is 12.3 Å². The highest BCUT2D eigenvalue weighted by Gasteiger charge is 2.05. The van der Waals surface area contributed by atoms with Gasteiger partial charge >= 0.3 is 0 Å². The zero-order valence-electron chi connectivity index (χ0n) is 9.05. The van der Waals surface area contributed by atoms with Gasteiger partial charge in [-0.1, -0.05) is 12.1 Å². The second-order valence-corrected chi connectivity index (χ2v) is 3.88. The third-order valence-corrected chi connectivity index (χ3v) is 2.58. The normalized spacial score (nSPS) is 12.2. The molecule has 2 rings (SSSR count). The summed E-state index contributed by atoms with van der Waals surface area (Å²) in [5.74, 6) is -0.0640. The molecular formula is C13H12N2O. The van der Waals surface area contributed by atoms with Crippen molar-refractivity contribution in [2.45, 2.75) is 13.5 Å². The van der Waals surface area contributed by atoms with Crippen LogP contribution in [-0.2, 0) is 6.54 Å². The van der Waals surface area contributed by atoms with Crippen molar-refractivity contribution >= 4 is 10.9 Å². The topological polar surface area (TPSA) is 45.8 Å². The fourth-order valence-electron chi connectivity index (χ4n) is 1.76. The Morgan fingerprint density at radius 1 is 1.38 bits per heavy atom. The molecule has 80 valence electrons. The highest BCUT2D eigenvalue weighted by Crippen LogP contribution is 2.11. The predicted octanol–water partition coefficient (Wildman–Crippen LogP) is 2.16. The molecule has 1 atom stereocenters. The van der Waals surface area contributed by atoms with Crippen LogP contribution in [0.3, 0.4) is 0 Å². The highest BCUT2D eigenvalue weighted by atomic mass is 16.1. The molecule has 0 aliphatic rings. The van der Waals surface area contributed by atoms with E-state index in [4.69, 9.17) is 5.26 Å². The van der Waals surface area contributed by atoms with E-state index < -0.39 is 0 Å². The molecule has 0 N–H and O–H groups in total. The Labute approximate surface area is 93.6 Å². The lowest BCUT2D eigenvalue weighted by Gasteiger charge is -2.11. The van der Waals surface area contributed by atoms with Crippen LogP contribution in [0.5, 0.6) is 0 Å². The summed E-state index contributed by atoms with van der Waals surface area (Å²) in [4.78, 5) is 11.6. The monoisotopic (exact) mass is 212 g/mol. The molecule has 0 bridgehead atoms. The van der Waals surface area contributed by atoms with E-state index in [1.165, 1.54) is 0 Å². The summed E-state index contributed by atoms with van der Waals surface area (Å²) in [6, 6.07) is 11.2. The van der Waals surface area contributed by atoms with Crippen LogP contribution in [0.4, 0.5) is 0 Å². The molecule has 0 saturated heterocycles. The molecule has 3 heteroatoms. The van der Waals surface area contributed by atoms with Crippen LogP contribution in [-0.4, -0.2) is 4.57 Å². The van der Waals surface area contributed by atoms with Crippen molar-refractivity contribution in [1.29, 1.82) is 5.26 Å². The van der Waals surface area contributed by atoms with E-state index >= 15 is 0 Å². The van der Waals surface area contributed by atoms with Gasteiger partial charge in [-0.05, 0) is 19.1 Å². The molecule has 0 amide bonds. The minimum absolute atomic E-state index is 0.0245. The van der Waals surface area contributed by atoms with Gasteiger partial charge in [0.2, 0.25) is 0 Å². The molecule has 1 unspecified atom stereocenters. The van der Waals surface area contributed by atoms with Gasteiger partial charge in [0.05, 0.1) is 17.5 Å². The summed E-state index contributed by atoms with van der Waals surface area (Å²) in [5, 5.41) is 9.50. The van der Waals surface area contributed by atoms with Gasteiger partial charge in [0.1, 0.15) is 0 Å². The van der Waals surface area contributed by atoms with Crippen LogP contribution in [0.1, 0.15) is 6.92 Å². The number of nitrogens with zero attached hydrogens (tertiary/aromatic N) is 2. The Morgan fingerprint density at radius 2 is 2.12 bits per heavy atom. The van der Waals surface area contributed by atoms with Crippen LogP contribution in [0.2, 0.25) is 0 Å². The zero-order chi connectivity index (χ0) is 11.5. The first-order valence-electron chi connectivity index (χ1n) is 5.20. The molecule has 0 aliphatic carbocycles. The number of hydrogen-bond donors (Lipinski definition) is 0. The van der Waals surface area contributed by atoms with E-state index in [2.05, 4.69) is 6.07 Å². The fraction of sp³-hybridized carbons (Fsp3) is 0.231. The summed E-state index contributed by atoms with van der Waals surface area (Å²) in [7, 11) is 0. The van der Waals surface area contributed by atoms with Gasteiger partial charge in [-0.2, -0.15) is 5.26 Å². The molecule has 0 radical (unpaired) electrons. The number of fused-ring (bicyclic) bond motifs is 1. The lowest BCUT2D eigenvalue weighted by Crippen LogP contribution is -2.11. The summed E-state index contributed by atoms with van der Waals surface area (Å²) in [6.07, 6.45) is 1.75. The molecule has 0 spiro atoms. The Kier molecular flexibility index (Phi) is 2.74. The van der Waals surface area contributed by atoms with Gasteiger partial charge in [0, 0.05) is 24.2 Å². The third-order valence-electron chi connectivity index (χ3n) is 2.58. The van der Waals surface area contributed by atoms with Crippen molar-refractivity contribution in [1.82, 2.24) is 4.57 Å². The smallest absolute Gasteiger partial charge is 0.189 e. The average molecular weight is 212 g/mol. The molecule has 0 saturated carbocycles. The lowest BCUT2D eigenvalue weighted by atomic mass is 10.1. The van der Waals surface area contributed by atoms with Gasteiger partial charge in [-0.25, -0.2) is 0 Å². The van der Waals surface area contributed by atoms with Crippen LogP contribution in [0.25, 0.3) is 10.9 Å². The van der Waals surface area contributed by atoms with E-state index in [1.807, 2.05) is 35.8 Å². The number of rotatable bonds is 2. The van der Waals surface area contributed by atoms with Crippen LogP contribution in [0, 0.1) is 17.2 Å². The largest absolute Gasteiger partial charge is 0.346 e. The molecule has 2 aromatic rings. The first-order valence-corrected chi connectivity index (χ1v) is 5.20. The van der Waals surface area contributed by atoms with E-state index in [-0.39, 0.29) is 11.3 Å². The molecule has 0 aliphatic heterocycles. The maximum Gasteiger partial charge on any atom is 0.189 e. The first-order chi connectivity index (χ1) is 7.72. The van der Waals surface area contributed by atoms with E-state index in [0.29, 0.717) is 11.9 Å². The van der Waals surface area contributed by atoms with Gasteiger partial charge in [-0.15, -0.1) is 0 Å². The van der Waals surface area contributed by atoms with Gasteiger partial charge < -0.3 is 4.57 Å². The van der Waals surface area contributed by atoms with E-state index in [0.717, 1.165) is 5.52 Å². The van der Waals surface area contributed by atoms with Crippen molar-refractivity contribution in [2.75, 3.05) is 0 Å². The summed E-state index contributed by atoms with van der Waals surface area (Å²) >= 11 is 0. The fourth-order valence-corrected chi connectivity index (χ4v) is 1.76. The quantitative estimate of drug-likeness (QED) is 0.765. The maximum atomic E-state index is 11.6. The molecule has 3 nitrogen and oxygen atoms in total. The number of aromatic nitrogens is 1. The number of pyridine rings is 1. The van der Waals surface area contributed by atoms with Gasteiger partial charge in [0.25, 0.3) is 0 Å². The first kappa shape index (κ1) is 10.4. The molecule has 1 aromatic carbocycles. The van der Waals surface area contributed by atoms with Crippen molar-refractivity contribution < 1.29 is 0 Å². The zero-order valence-corrected chi connectivity index (χ0v) is 9.05. The number of nitriles is 1. The molecular weight excluding hydrogens is 200 g/mol. The Hall–Kier alpha value is -2.08. The van der Waals surface area contributed by atoms with Crippen molar-refractivity contribution in [3.8, 4) is 6.07 Å². The van der Waals surface area contributed by atoms with E-state index in [9.17, 15) is 4.79 Å². The summed E-state index contributed by atoms with van der Waals surface area (Å²) < 4.78 is 1.95. The van der Waals surface area contributed by atoms with Gasteiger partial charge in [0.15, 0.2) is 5.43 Å². The predicted molar refractivity (Wildman–Crippen MR) is 63.0 cm³/mol. The minimum atomic E-state index is -0.0640. The SMILES string of the molecule is CC(C#N)Cn1ccc(=O)c2ccccc21. The van der Waals surface area contributed by atoms with Gasteiger partial charge in [-0.3, -0.25) is 4.79 Å². The van der Waals surface area contributed by atoms with Crippen molar-refractivity contribution in [3.05, 3.63) is 46.8 Å². The number of para-hydroxylation sites is 1. The molecule has 1 heterocycles. The van der Waals surface area contributed by atoms with Crippen molar-refractivity contribution in [3.63, 3.8) is 0 Å². The summed E-state index contributed by atoms with van der Waals surface area (Å²) in [5.41, 5.74) is 0.911. The second kappa shape index (κ2) is 4.19. The Bertz CT molecular complexity index is 607. The highest BCUT2D eigenvalue weighted by molar-refractivity contribution is 5.78. The third kappa shape index (κ3) is 1.82. The Balaban J connectivity index is 2.60. The minimum Gasteiger partial charge on any atom is -0.346 e. The van der Waals surface area contributed by atoms with Crippen molar-refractivity contribution in [2.24, 2.45) is 5.92 Å². The second-order valence-electron chi connectivity index (χ2n) is 3.88. The van der Waals surface area contributed by atoms with Crippen LogP contribution in [0.15, 0.2) is 41.3 Å².